The van der Waals surface area contributed by atoms with E-state index in [4.69, 9.17) is 15.2 Å². The van der Waals surface area contributed by atoms with Crippen LogP contribution < -0.4 is 10.5 Å². The maximum absolute atomic E-state index is 9.53. The fourth-order valence-corrected chi connectivity index (χ4v) is 2.07. The summed E-state index contributed by atoms with van der Waals surface area (Å²) < 4.78 is 10.3. The number of aliphatic imine (C=N–C) groups is 1. The van der Waals surface area contributed by atoms with Crippen LogP contribution in [0, 0.1) is 0 Å². The number of guanidine groups is 1. The van der Waals surface area contributed by atoms with Gasteiger partial charge in [-0.25, -0.2) is 0 Å². The summed E-state index contributed by atoms with van der Waals surface area (Å²) in [5.74, 6) is 1.19. The zero-order valence-electron chi connectivity index (χ0n) is 11.7. The van der Waals surface area contributed by atoms with Gasteiger partial charge in [-0.2, -0.15) is 0 Å². The number of phenolic OH excluding ortho intramolecular Hbond substituents is 1. The van der Waals surface area contributed by atoms with Crippen molar-refractivity contribution in [3.63, 3.8) is 0 Å². The van der Waals surface area contributed by atoms with Crippen LogP contribution in [0.5, 0.6) is 11.5 Å². The Labute approximate surface area is 118 Å². The van der Waals surface area contributed by atoms with E-state index < -0.39 is 0 Å². The fraction of sp³-hybridized carbons (Fsp3) is 0.500. The molecule has 2 rings (SSSR count). The van der Waals surface area contributed by atoms with Crippen LogP contribution in [0.2, 0.25) is 0 Å². The van der Waals surface area contributed by atoms with Crippen molar-refractivity contribution < 1.29 is 14.6 Å². The molecule has 1 aliphatic rings. The normalized spacial score (nSPS) is 16.2. The Hall–Kier alpha value is -1.95. The molecule has 1 aromatic carbocycles. The second kappa shape index (κ2) is 7.00. The predicted octanol–water partition coefficient (Wildman–Crippen LogP) is 0.590. The number of methoxy groups -OCH3 is 1. The average Bonchev–Trinajstić information content (AvgIpc) is 2.49. The molecule has 0 bridgehead atoms. The van der Waals surface area contributed by atoms with Crippen LogP contribution in [-0.2, 0) is 11.2 Å². The van der Waals surface area contributed by atoms with E-state index in [0.717, 1.165) is 25.1 Å². The molecule has 0 amide bonds. The highest BCUT2D eigenvalue weighted by Crippen LogP contribution is 2.26. The molecule has 0 saturated carbocycles. The van der Waals surface area contributed by atoms with Gasteiger partial charge in [0.1, 0.15) is 0 Å². The van der Waals surface area contributed by atoms with E-state index in [2.05, 4.69) is 4.99 Å². The summed E-state index contributed by atoms with van der Waals surface area (Å²) in [4.78, 5) is 6.41. The first-order chi connectivity index (χ1) is 9.70. The zero-order valence-corrected chi connectivity index (χ0v) is 11.7. The summed E-state index contributed by atoms with van der Waals surface area (Å²) in [6.45, 7) is 3.60. The molecule has 6 heteroatoms. The standard InChI is InChI=1S/C14H21N3O3/c1-19-13-10-11(2-3-12(13)18)4-5-16-14(15)17-6-8-20-9-7-17/h2-3,10,18H,4-9H2,1H3,(H2,15,16). The highest BCUT2D eigenvalue weighted by molar-refractivity contribution is 5.78. The number of hydrogen-bond acceptors (Lipinski definition) is 4. The van der Waals surface area contributed by atoms with E-state index in [0.29, 0.717) is 31.5 Å². The molecule has 6 nitrogen and oxygen atoms in total. The van der Waals surface area contributed by atoms with Gasteiger partial charge in [0.15, 0.2) is 17.5 Å². The molecule has 0 radical (unpaired) electrons. The van der Waals surface area contributed by atoms with Gasteiger partial charge in [-0.15, -0.1) is 0 Å². The van der Waals surface area contributed by atoms with Crippen LogP contribution in [0.25, 0.3) is 0 Å². The van der Waals surface area contributed by atoms with E-state index in [1.165, 1.54) is 7.11 Å². The molecular formula is C14H21N3O3. The summed E-state index contributed by atoms with van der Waals surface area (Å²) in [6, 6.07) is 5.30. The van der Waals surface area contributed by atoms with Gasteiger partial charge in [0.2, 0.25) is 0 Å². The molecule has 0 spiro atoms. The van der Waals surface area contributed by atoms with Crippen LogP contribution in [0.1, 0.15) is 5.56 Å². The van der Waals surface area contributed by atoms with Gasteiger partial charge in [0.25, 0.3) is 0 Å². The van der Waals surface area contributed by atoms with Gasteiger partial charge in [0.05, 0.1) is 20.3 Å². The third-order valence-electron chi connectivity index (χ3n) is 3.25. The number of phenols is 1. The molecule has 3 N–H and O–H groups in total. The van der Waals surface area contributed by atoms with Crippen LogP contribution in [-0.4, -0.2) is 55.9 Å². The zero-order chi connectivity index (χ0) is 14.4. The van der Waals surface area contributed by atoms with Crippen LogP contribution in [0.4, 0.5) is 0 Å². The molecule has 1 aliphatic heterocycles. The minimum atomic E-state index is 0.146. The molecule has 0 atom stereocenters. The largest absolute Gasteiger partial charge is 0.504 e. The first-order valence-corrected chi connectivity index (χ1v) is 6.69. The van der Waals surface area contributed by atoms with Crippen molar-refractivity contribution in [2.75, 3.05) is 40.0 Å². The summed E-state index contributed by atoms with van der Waals surface area (Å²) in [6.07, 6.45) is 0.752. The first-order valence-electron chi connectivity index (χ1n) is 6.69. The van der Waals surface area contributed by atoms with Gasteiger partial charge in [-0.05, 0) is 24.1 Å². The number of hydrogen-bond donors (Lipinski definition) is 2. The number of aromatic hydroxyl groups is 1. The second-order valence-electron chi connectivity index (χ2n) is 4.60. The molecule has 1 heterocycles. The molecular weight excluding hydrogens is 258 g/mol. The maximum Gasteiger partial charge on any atom is 0.191 e. The highest BCUT2D eigenvalue weighted by Gasteiger charge is 2.11. The summed E-state index contributed by atoms with van der Waals surface area (Å²) >= 11 is 0. The number of morpholine rings is 1. The van der Waals surface area contributed by atoms with E-state index in [1.807, 2.05) is 17.0 Å². The molecule has 1 aromatic rings. The van der Waals surface area contributed by atoms with Crippen molar-refractivity contribution in [2.45, 2.75) is 6.42 Å². The maximum atomic E-state index is 9.53. The molecule has 110 valence electrons. The van der Waals surface area contributed by atoms with Crippen molar-refractivity contribution in [1.29, 1.82) is 0 Å². The molecule has 0 unspecified atom stereocenters. The minimum absolute atomic E-state index is 0.146. The quantitative estimate of drug-likeness (QED) is 0.623. The number of ether oxygens (including phenoxy) is 2. The molecule has 1 fully saturated rings. The molecule has 0 aliphatic carbocycles. The number of rotatable bonds is 4. The monoisotopic (exact) mass is 279 g/mol. The Balaban J connectivity index is 1.88. The third-order valence-corrected chi connectivity index (χ3v) is 3.25. The summed E-state index contributed by atoms with van der Waals surface area (Å²) in [7, 11) is 1.54. The lowest BCUT2D eigenvalue weighted by Crippen LogP contribution is -2.44. The Morgan fingerprint density at radius 2 is 2.20 bits per heavy atom. The number of nitrogens with zero attached hydrogens (tertiary/aromatic N) is 2. The van der Waals surface area contributed by atoms with Gasteiger partial charge < -0.3 is 25.2 Å². The van der Waals surface area contributed by atoms with Crippen molar-refractivity contribution >= 4 is 5.96 Å². The first kappa shape index (κ1) is 14.5. The van der Waals surface area contributed by atoms with Crippen molar-refractivity contribution in [1.82, 2.24) is 4.90 Å². The van der Waals surface area contributed by atoms with Crippen LogP contribution in [0.3, 0.4) is 0 Å². The second-order valence-corrected chi connectivity index (χ2v) is 4.60. The molecule has 0 aromatic heterocycles. The van der Waals surface area contributed by atoms with E-state index in [1.54, 1.807) is 6.07 Å². The Bertz CT molecular complexity index is 471. The smallest absolute Gasteiger partial charge is 0.191 e. The fourth-order valence-electron chi connectivity index (χ4n) is 2.07. The van der Waals surface area contributed by atoms with Crippen LogP contribution in [0.15, 0.2) is 23.2 Å². The molecule has 1 saturated heterocycles. The van der Waals surface area contributed by atoms with Gasteiger partial charge in [-0.3, -0.25) is 4.99 Å². The average molecular weight is 279 g/mol. The van der Waals surface area contributed by atoms with Gasteiger partial charge in [0, 0.05) is 19.6 Å². The highest BCUT2D eigenvalue weighted by atomic mass is 16.5. The number of benzene rings is 1. The van der Waals surface area contributed by atoms with Crippen molar-refractivity contribution in [3.8, 4) is 11.5 Å². The van der Waals surface area contributed by atoms with Gasteiger partial charge >= 0.3 is 0 Å². The lowest BCUT2D eigenvalue weighted by Gasteiger charge is -2.27. The molecule has 20 heavy (non-hydrogen) atoms. The minimum Gasteiger partial charge on any atom is -0.504 e. The van der Waals surface area contributed by atoms with Gasteiger partial charge in [-0.1, -0.05) is 6.07 Å². The van der Waals surface area contributed by atoms with Crippen LogP contribution >= 0.6 is 0 Å². The SMILES string of the molecule is COc1cc(CCN=C(N)N2CCOCC2)ccc1O. The van der Waals surface area contributed by atoms with E-state index in [9.17, 15) is 5.11 Å². The topological polar surface area (TPSA) is 80.3 Å². The Kier molecular flexibility index (Phi) is 5.06. The van der Waals surface area contributed by atoms with Crippen molar-refractivity contribution in [2.24, 2.45) is 10.7 Å². The summed E-state index contributed by atoms with van der Waals surface area (Å²) in [5, 5.41) is 9.53. The van der Waals surface area contributed by atoms with E-state index in [-0.39, 0.29) is 5.75 Å². The summed E-state index contributed by atoms with van der Waals surface area (Å²) in [5.41, 5.74) is 7.00. The third kappa shape index (κ3) is 3.77. The number of nitrogens with two attached hydrogens (primary N) is 1. The lowest BCUT2D eigenvalue weighted by atomic mass is 10.1. The lowest BCUT2D eigenvalue weighted by molar-refractivity contribution is 0.0674. The van der Waals surface area contributed by atoms with Crippen molar-refractivity contribution in [3.05, 3.63) is 23.8 Å². The Morgan fingerprint density at radius 3 is 2.90 bits per heavy atom. The predicted molar refractivity (Wildman–Crippen MR) is 77.2 cm³/mol. The van der Waals surface area contributed by atoms with E-state index >= 15 is 0 Å². The Morgan fingerprint density at radius 1 is 1.45 bits per heavy atom.